The molecule has 0 amide bonds. The Labute approximate surface area is 256 Å². The van der Waals surface area contributed by atoms with Crippen LogP contribution in [0.2, 0.25) is 0 Å². The van der Waals surface area contributed by atoms with Gasteiger partial charge in [-0.15, -0.1) is 12.4 Å². The fraction of sp³-hybridized carbons (Fsp3) is 0.778. The molecule has 0 aliphatic rings. The standard InChI is InChI=1S/C20H36N.C16H30O2.ClH/c1-3-4-5-6-7-8-9-10-11-12-13-14-17-21-18-15-20(2)16-19-21;1-3-4-5-6-7-8-9-10-11-12-13-14-15(2)16(17)18;/h15-16,18-19H,3-14,17H2,1-2H3;14H,3-13H2,1-2H3,(H,17,18);1H/q+1;;/p-1/b;15-14+;. The maximum Gasteiger partial charge on any atom is 0.169 e. The van der Waals surface area contributed by atoms with E-state index in [2.05, 4.69) is 49.9 Å². The van der Waals surface area contributed by atoms with Crippen LogP contribution in [0.15, 0.2) is 36.2 Å². The summed E-state index contributed by atoms with van der Waals surface area (Å²) in [6.45, 7) is 9.46. The molecule has 0 fully saturated rings. The van der Waals surface area contributed by atoms with Crippen molar-refractivity contribution in [3.05, 3.63) is 41.7 Å². The number of carboxylic acids is 1. The minimum Gasteiger partial charge on any atom is -0.545 e. The van der Waals surface area contributed by atoms with E-state index < -0.39 is 5.97 Å². The van der Waals surface area contributed by atoms with Crippen LogP contribution in [0.4, 0.5) is 0 Å². The summed E-state index contributed by atoms with van der Waals surface area (Å²) >= 11 is 0. The molecule has 40 heavy (non-hydrogen) atoms. The van der Waals surface area contributed by atoms with Crippen molar-refractivity contribution in [2.24, 2.45) is 0 Å². The van der Waals surface area contributed by atoms with E-state index in [0.717, 1.165) is 12.8 Å². The van der Waals surface area contributed by atoms with Gasteiger partial charge in [0.2, 0.25) is 0 Å². The first-order valence-corrected chi connectivity index (χ1v) is 16.8. The lowest BCUT2D eigenvalue weighted by Gasteiger charge is -2.03. The summed E-state index contributed by atoms with van der Waals surface area (Å²) in [7, 11) is 0. The molecule has 0 N–H and O–H groups in total. The molecule has 0 bridgehead atoms. The van der Waals surface area contributed by atoms with Gasteiger partial charge in [0.15, 0.2) is 12.4 Å². The average Bonchev–Trinajstić information content (AvgIpc) is 2.93. The molecule has 0 spiro atoms. The highest BCUT2D eigenvalue weighted by atomic mass is 35.5. The first kappa shape index (κ1) is 40.8. The van der Waals surface area contributed by atoms with E-state index in [4.69, 9.17) is 0 Å². The van der Waals surface area contributed by atoms with Gasteiger partial charge in [0, 0.05) is 18.6 Å². The van der Waals surface area contributed by atoms with Crippen molar-refractivity contribution in [3.63, 3.8) is 0 Å². The monoisotopic (exact) mass is 579 g/mol. The number of hydrogen-bond acceptors (Lipinski definition) is 2. The molecule has 0 aliphatic heterocycles. The summed E-state index contributed by atoms with van der Waals surface area (Å²) in [5.74, 6) is -1.04. The van der Waals surface area contributed by atoms with Crippen LogP contribution in [0.5, 0.6) is 0 Å². The lowest BCUT2D eigenvalue weighted by atomic mass is 10.1. The fourth-order valence-corrected chi connectivity index (χ4v) is 4.85. The van der Waals surface area contributed by atoms with E-state index in [1.165, 1.54) is 147 Å². The number of pyridine rings is 1. The first-order chi connectivity index (χ1) is 19.0. The first-order valence-electron chi connectivity index (χ1n) is 16.8. The van der Waals surface area contributed by atoms with Crippen LogP contribution in [-0.4, -0.2) is 5.97 Å². The molecule has 0 unspecified atom stereocenters. The Hall–Kier alpha value is -1.35. The summed E-state index contributed by atoms with van der Waals surface area (Å²) in [6.07, 6.45) is 37.3. The van der Waals surface area contributed by atoms with Gasteiger partial charge in [-0.05, 0) is 44.2 Å². The highest BCUT2D eigenvalue weighted by Crippen LogP contribution is 2.13. The van der Waals surface area contributed by atoms with Gasteiger partial charge in [0.1, 0.15) is 6.54 Å². The van der Waals surface area contributed by atoms with E-state index in [-0.39, 0.29) is 12.4 Å². The Morgan fingerprint density at radius 2 is 1.00 bits per heavy atom. The zero-order valence-corrected chi connectivity index (χ0v) is 27.8. The molecule has 0 atom stereocenters. The highest BCUT2D eigenvalue weighted by molar-refractivity contribution is 5.85. The lowest BCUT2D eigenvalue weighted by Crippen LogP contribution is -2.32. The molecule has 3 nitrogen and oxygen atoms in total. The number of aliphatic carboxylic acids is 1. The van der Waals surface area contributed by atoms with Crippen molar-refractivity contribution in [2.75, 3.05) is 0 Å². The zero-order valence-electron chi connectivity index (χ0n) is 27.0. The van der Waals surface area contributed by atoms with E-state index in [1.54, 1.807) is 13.0 Å². The molecule has 0 radical (unpaired) electrons. The van der Waals surface area contributed by atoms with Crippen LogP contribution in [0.1, 0.15) is 174 Å². The Balaban J connectivity index is 0. The molecule has 1 aromatic heterocycles. The van der Waals surface area contributed by atoms with Crippen LogP contribution in [0, 0.1) is 6.92 Å². The quantitative estimate of drug-likeness (QED) is 0.0656. The second-order valence-corrected chi connectivity index (χ2v) is 11.6. The SMILES string of the molecule is CCCCCCCCCCCC/C=C(\C)C(=O)[O-].CCCCCCCCCCCCCC[n+]1ccc(C)cc1.Cl. The van der Waals surface area contributed by atoms with E-state index in [9.17, 15) is 9.90 Å². The second-order valence-electron chi connectivity index (χ2n) is 11.6. The smallest absolute Gasteiger partial charge is 0.169 e. The van der Waals surface area contributed by atoms with Crippen molar-refractivity contribution < 1.29 is 14.5 Å². The number of unbranched alkanes of at least 4 members (excludes halogenated alkanes) is 21. The lowest BCUT2D eigenvalue weighted by molar-refractivity contribution is -0.697. The molecular formula is C36H66ClNO2. The third-order valence-corrected chi connectivity index (χ3v) is 7.66. The van der Waals surface area contributed by atoms with Gasteiger partial charge >= 0.3 is 0 Å². The van der Waals surface area contributed by atoms with Crippen LogP contribution in [-0.2, 0) is 11.3 Å². The van der Waals surface area contributed by atoms with Crippen molar-refractivity contribution in [2.45, 2.75) is 182 Å². The molecule has 1 rings (SSSR count). The number of aryl methyl sites for hydroxylation is 2. The van der Waals surface area contributed by atoms with Gasteiger partial charge in [-0.2, -0.15) is 0 Å². The minimum atomic E-state index is -1.04. The molecule has 0 saturated heterocycles. The van der Waals surface area contributed by atoms with Gasteiger partial charge < -0.3 is 9.90 Å². The molecular weight excluding hydrogens is 514 g/mol. The van der Waals surface area contributed by atoms with Gasteiger partial charge in [0.05, 0.1) is 5.97 Å². The van der Waals surface area contributed by atoms with Crippen LogP contribution < -0.4 is 9.67 Å². The summed E-state index contributed by atoms with van der Waals surface area (Å²) in [4.78, 5) is 10.4. The molecule has 1 heterocycles. The number of rotatable bonds is 25. The number of nitrogens with zero attached hydrogens (tertiary/aromatic N) is 1. The van der Waals surface area contributed by atoms with Crippen LogP contribution in [0.25, 0.3) is 0 Å². The number of halogens is 1. The molecule has 0 saturated carbocycles. The van der Waals surface area contributed by atoms with Crippen molar-refractivity contribution >= 4 is 18.4 Å². The zero-order chi connectivity index (χ0) is 28.8. The second kappa shape index (κ2) is 32.2. The van der Waals surface area contributed by atoms with E-state index in [1.807, 2.05) is 0 Å². The van der Waals surface area contributed by atoms with Crippen LogP contribution in [0.3, 0.4) is 0 Å². The summed E-state index contributed by atoms with van der Waals surface area (Å²) < 4.78 is 2.31. The molecule has 4 heteroatoms. The average molecular weight is 580 g/mol. The minimum absolute atomic E-state index is 0. The van der Waals surface area contributed by atoms with E-state index >= 15 is 0 Å². The van der Waals surface area contributed by atoms with Crippen molar-refractivity contribution in [1.82, 2.24) is 0 Å². The molecule has 0 aliphatic carbocycles. The predicted octanol–water partition coefficient (Wildman–Crippen LogP) is 10.4. The number of carbonyl (C=O) groups is 1. The normalized spacial score (nSPS) is 11.1. The Morgan fingerprint density at radius 3 is 1.38 bits per heavy atom. The van der Waals surface area contributed by atoms with E-state index in [0.29, 0.717) is 5.57 Å². The number of aromatic nitrogens is 1. The third kappa shape index (κ3) is 29.6. The number of carboxylic acid groups (broad SMARTS) is 1. The van der Waals surface area contributed by atoms with Gasteiger partial charge in [-0.1, -0.05) is 142 Å². The van der Waals surface area contributed by atoms with Gasteiger partial charge in [-0.3, -0.25) is 0 Å². The number of hydrogen-bond donors (Lipinski definition) is 0. The third-order valence-electron chi connectivity index (χ3n) is 7.66. The number of allylic oxidation sites excluding steroid dienone is 1. The largest absolute Gasteiger partial charge is 0.545 e. The maximum atomic E-state index is 10.4. The Kier molecular flexibility index (Phi) is 32.8. The number of carbonyl (C=O) groups excluding carboxylic acids is 1. The van der Waals surface area contributed by atoms with Crippen LogP contribution >= 0.6 is 12.4 Å². The summed E-state index contributed by atoms with van der Waals surface area (Å²) in [5, 5.41) is 10.4. The van der Waals surface area contributed by atoms with Crippen molar-refractivity contribution in [1.29, 1.82) is 0 Å². The fourth-order valence-electron chi connectivity index (χ4n) is 4.85. The van der Waals surface area contributed by atoms with Gasteiger partial charge in [0.25, 0.3) is 0 Å². The summed E-state index contributed by atoms with van der Waals surface area (Å²) in [5.41, 5.74) is 1.71. The maximum absolute atomic E-state index is 10.4. The highest BCUT2D eigenvalue weighted by Gasteiger charge is 1.99. The Bertz CT molecular complexity index is 687. The molecule has 0 aromatic carbocycles. The topological polar surface area (TPSA) is 44.0 Å². The Morgan fingerprint density at radius 1 is 0.650 bits per heavy atom. The van der Waals surface area contributed by atoms with Crippen molar-refractivity contribution in [3.8, 4) is 0 Å². The molecule has 1 aromatic rings. The molecule has 234 valence electrons. The summed E-state index contributed by atoms with van der Waals surface area (Å²) in [6, 6.07) is 4.39. The van der Waals surface area contributed by atoms with Gasteiger partial charge in [-0.25, -0.2) is 4.57 Å². The predicted molar refractivity (Wildman–Crippen MR) is 175 cm³/mol.